The quantitative estimate of drug-likeness (QED) is 0.399. The van der Waals surface area contributed by atoms with Gasteiger partial charge in [-0.25, -0.2) is 0 Å². The van der Waals surface area contributed by atoms with Crippen LogP contribution >= 0.6 is 0 Å². The second-order valence-corrected chi connectivity index (χ2v) is 2.80. The zero-order chi connectivity index (χ0) is 7.72. The number of aliphatic hydroxyl groups excluding tert-OH is 1. The van der Waals surface area contributed by atoms with Gasteiger partial charge in [-0.2, -0.15) is 0 Å². The molecule has 4 atom stereocenters. The molecule has 0 spiro atoms. The van der Waals surface area contributed by atoms with Gasteiger partial charge in [0.05, 0.1) is 6.10 Å². The molecule has 1 rings (SSSR count). The molecule has 0 aromatic carbocycles. The molecule has 60 valence electrons. The number of hydrogen-bond acceptors (Lipinski definition) is 4. The maximum atomic E-state index is 9.19. The van der Waals surface area contributed by atoms with Gasteiger partial charge < -0.3 is 21.3 Å². The summed E-state index contributed by atoms with van der Waals surface area (Å²) < 4.78 is 5.12. The summed E-state index contributed by atoms with van der Waals surface area (Å²) >= 11 is 0. The molecule has 5 N–H and O–H groups in total. The molecule has 1 aliphatic heterocycles. The van der Waals surface area contributed by atoms with Crippen molar-refractivity contribution in [2.24, 2.45) is 11.5 Å². The molecular formula is C6H14N2O2. The van der Waals surface area contributed by atoms with Crippen LogP contribution in [0, 0.1) is 0 Å². The lowest BCUT2D eigenvalue weighted by Crippen LogP contribution is -2.55. The summed E-state index contributed by atoms with van der Waals surface area (Å²) in [6.45, 7) is 1.89. The molecule has 4 heteroatoms. The van der Waals surface area contributed by atoms with E-state index in [9.17, 15) is 5.11 Å². The first-order valence-electron chi connectivity index (χ1n) is 3.46. The van der Waals surface area contributed by atoms with Crippen LogP contribution < -0.4 is 11.5 Å². The predicted octanol–water partition coefficient (Wildman–Crippen LogP) is -1.23. The minimum absolute atomic E-state index is 0.0633. The smallest absolute Gasteiger partial charge is 0.133 e. The largest absolute Gasteiger partial charge is 0.387 e. The monoisotopic (exact) mass is 146 g/mol. The summed E-state index contributed by atoms with van der Waals surface area (Å²) in [5, 5.41) is 9.19. The summed E-state index contributed by atoms with van der Waals surface area (Å²) in [4.78, 5) is 0. The number of rotatable bonds is 0. The van der Waals surface area contributed by atoms with Crippen molar-refractivity contribution < 1.29 is 9.84 Å². The standard InChI is InChI=1S/C6H14N2O2/c1-3-2-4(7)5(9)6(8)10-3/h3-6,9H,2,7-8H2,1H3. The third-order valence-corrected chi connectivity index (χ3v) is 1.77. The molecule has 0 aliphatic carbocycles. The predicted molar refractivity (Wildman–Crippen MR) is 37.1 cm³/mol. The Bertz CT molecular complexity index is 108. The molecule has 0 aromatic heterocycles. The maximum Gasteiger partial charge on any atom is 0.133 e. The van der Waals surface area contributed by atoms with E-state index < -0.39 is 12.3 Å². The Morgan fingerprint density at radius 3 is 2.60 bits per heavy atom. The van der Waals surface area contributed by atoms with Crippen LogP contribution in [0.25, 0.3) is 0 Å². The van der Waals surface area contributed by atoms with Gasteiger partial charge in [0.15, 0.2) is 0 Å². The van der Waals surface area contributed by atoms with E-state index in [2.05, 4.69) is 0 Å². The highest BCUT2D eigenvalue weighted by Crippen LogP contribution is 2.14. The summed E-state index contributed by atoms with van der Waals surface area (Å²) in [7, 11) is 0. The highest BCUT2D eigenvalue weighted by Gasteiger charge is 2.30. The van der Waals surface area contributed by atoms with Crippen molar-refractivity contribution in [3.8, 4) is 0 Å². The molecule has 1 fully saturated rings. The summed E-state index contributed by atoms with van der Waals surface area (Å²) in [6, 6.07) is -0.237. The molecule has 4 nitrogen and oxygen atoms in total. The van der Waals surface area contributed by atoms with Crippen LogP contribution in [0.2, 0.25) is 0 Å². The number of nitrogens with two attached hydrogens (primary N) is 2. The van der Waals surface area contributed by atoms with E-state index >= 15 is 0 Å². The van der Waals surface area contributed by atoms with Crippen LogP contribution in [0.3, 0.4) is 0 Å². The average molecular weight is 146 g/mol. The third kappa shape index (κ3) is 1.46. The Morgan fingerprint density at radius 2 is 2.10 bits per heavy atom. The van der Waals surface area contributed by atoms with E-state index in [0.29, 0.717) is 6.42 Å². The summed E-state index contributed by atoms with van der Waals surface area (Å²) in [5.74, 6) is 0. The Hall–Kier alpha value is -0.160. The highest BCUT2D eigenvalue weighted by atomic mass is 16.5. The number of hydrogen-bond donors (Lipinski definition) is 3. The van der Waals surface area contributed by atoms with Crippen molar-refractivity contribution >= 4 is 0 Å². The van der Waals surface area contributed by atoms with Crippen LogP contribution in [0.5, 0.6) is 0 Å². The van der Waals surface area contributed by atoms with Gasteiger partial charge >= 0.3 is 0 Å². The van der Waals surface area contributed by atoms with Gasteiger partial charge in [0.1, 0.15) is 12.3 Å². The minimum atomic E-state index is -0.712. The fourth-order valence-corrected chi connectivity index (χ4v) is 1.17. The van der Waals surface area contributed by atoms with Gasteiger partial charge in [-0.15, -0.1) is 0 Å². The van der Waals surface area contributed by atoms with Crippen LogP contribution in [-0.4, -0.2) is 29.6 Å². The van der Waals surface area contributed by atoms with Gasteiger partial charge in [0, 0.05) is 6.04 Å². The summed E-state index contributed by atoms with van der Waals surface area (Å²) in [6.07, 6.45) is -0.585. The van der Waals surface area contributed by atoms with Gasteiger partial charge in [-0.1, -0.05) is 0 Å². The first-order chi connectivity index (χ1) is 4.61. The van der Waals surface area contributed by atoms with Gasteiger partial charge in [-0.3, -0.25) is 0 Å². The molecule has 0 radical (unpaired) electrons. The molecule has 0 saturated carbocycles. The third-order valence-electron chi connectivity index (χ3n) is 1.77. The fraction of sp³-hybridized carbons (Fsp3) is 1.00. The van der Waals surface area contributed by atoms with E-state index in [1.54, 1.807) is 0 Å². The van der Waals surface area contributed by atoms with Crippen molar-refractivity contribution in [1.82, 2.24) is 0 Å². The Labute approximate surface area is 60.1 Å². The Morgan fingerprint density at radius 1 is 1.50 bits per heavy atom. The zero-order valence-electron chi connectivity index (χ0n) is 6.03. The topological polar surface area (TPSA) is 81.5 Å². The molecule has 1 heterocycles. The molecular weight excluding hydrogens is 132 g/mol. The first-order valence-corrected chi connectivity index (χ1v) is 3.46. The number of ether oxygens (including phenoxy) is 1. The van der Waals surface area contributed by atoms with Crippen molar-refractivity contribution in [2.45, 2.75) is 37.8 Å². The fourth-order valence-electron chi connectivity index (χ4n) is 1.17. The van der Waals surface area contributed by atoms with Gasteiger partial charge in [0.25, 0.3) is 0 Å². The van der Waals surface area contributed by atoms with Crippen LogP contribution in [0.15, 0.2) is 0 Å². The maximum absolute atomic E-state index is 9.19. The molecule has 0 bridgehead atoms. The van der Waals surface area contributed by atoms with E-state index in [1.165, 1.54) is 0 Å². The van der Waals surface area contributed by atoms with Crippen molar-refractivity contribution in [3.63, 3.8) is 0 Å². The molecule has 1 saturated heterocycles. The lowest BCUT2D eigenvalue weighted by molar-refractivity contribution is -0.116. The SMILES string of the molecule is CC1CC(N)C(O)C(N)O1. The van der Waals surface area contributed by atoms with Crippen molar-refractivity contribution in [2.75, 3.05) is 0 Å². The Balaban J connectivity index is 2.49. The lowest BCUT2D eigenvalue weighted by atomic mass is 10.0. The lowest BCUT2D eigenvalue weighted by Gasteiger charge is -2.34. The minimum Gasteiger partial charge on any atom is -0.387 e. The van der Waals surface area contributed by atoms with Crippen LogP contribution in [0.1, 0.15) is 13.3 Å². The molecule has 4 unspecified atom stereocenters. The second-order valence-electron chi connectivity index (χ2n) is 2.80. The van der Waals surface area contributed by atoms with Crippen LogP contribution in [-0.2, 0) is 4.74 Å². The van der Waals surface area contributed by atoms with Crippen molar-refractivity contribution in [3.05, 3.63) is 0 Å². The average Bonchev–Trinajstić information content (AvgIpc) is 1.82. The first kappa shape index (κ1) is 7.94. The van der Waals surface area contributed by atoms with Gasteiger partial charge in [0.2, 0.25) is 0 Å². The number of aliphatic hydroxyl groups is 1. The molecule has 1 aliphatic rings. The molecule has 0 aromatic rings. The summed E-state index contributed by atoms with van der Waals surface area (Å²) in [5.41, 5.74) is 11.0. The normalized spacial score (nSPS) is 49.2. The molecule has 10 heavy (non-hydrogen) atoms. The van der Waals surface area contributed by atoms with Crippen molar-refractivity contribution in [1.29, 1.82) is 0 Å². The van der Waals surface area contributed by atoms with E-state index in [-0.39, 0.29) is 12.1 Å². The second kappa shape index (κ2) is 2.84. The van der Waals surface area contributed by atoms with E-state index in [4.69, 9.17) is 16.2 Å². The van der Waals surface area contributed by atoms with E-state index in [1.807, 2.05) is 6.92 Å². The van der Waals surface area contributed by atoms with Gasteiger partial charge in [-0.05, 0) is 13.3 Å². The Kier molecular flexibility index (Phi) is 2.25. The van der Waals surface area contributed by atoms with E-state index in [0.717, 1.165) is 0 Å². The zero-order valence-corrected chi connectivity index (χ0v) is 6.03. The molecule has 0 amide bonds. The highest BCUT2D eigenvalue weighted by molar-refractivity contribution is 4.83. The van der Waals surface area contributed by atoms with Crippen LogP contribution in [0.4, 0.5) is 0 Å².